The van der Waals surface area contributed by atoms with Gasteiger partial charge in [0.05, 0.1) is 32.1 Å². The van der Waals surface area contributed by atoms with Crippen LogP contribution >= 0.6 is 0 Å². The number of anilines is 1. The zero-order chi connectivity index (χ0) is 22.6. The van der Waals surface area contributed by atoms with Gasteiger partial charge in [0.15, 0.2) is 9.84 Å². The Morgan fingerprint density at radius 3 is 2.19 bits per heavy atom. The third-order valence-electron chi connectivity index (χ3n) is 3.96. The minimum Gasteiger partial charge on any atom is -0.408 e. The summed E-state index contributed by atoms with van der Waals surface area (Å²) < 4.78 is 29.7. The average molecular weight is 447 g/mol. The lowest BCUT2D eigenvalue weighted by atomic mass is 10.1. The van der Waals surface area contributed by atoms with Gasteiger partial charge in [-0.2, -0.15) is 0 Å². The number of aromatic nitrogens is 2. The predicted molar refractivity (Wildman–Crippen MR) is 104 cm³/mol. The Morgan fingerprint density at radius 1 is 1.00 bits per heavy atom. The van der Waals surface area contributed by atoms with Crippen molar-refractivity contribution in [2.24, 2.45) is 0 Å². The van der Waals surface area contributed by atoms with Gasteiger partial charge in [0.1, 0.15) is 0 Å². The van der Waals surface area contributed by atoms with E-state index in [1.807, 2.05) is 0 Å². The van der Waals surface area contributed by atoms with E-state index in [0.717, 1.165) is 18.2 Å². The molecule has 0 saturated carbocycles. The maximum absolute atomic E-state index is 12.3. The third-order valence-corrected chi connectivity index (χ3v) is 5.69. The first-order valence-electron chi connectivity index (χ1n) is 8.51. The molecule has 14 heteroatoms. The summed E-state index contributed by atoms with van der Waals surface area (Å²) in [6.45, 7) is 0. The molecule has 1 N–H and O–H groups in total. The lowest BCUT2D eigenvalue weighted by molar-refractivity contribution is -0.394. The number of carbonyl (C=O) groups excluding carboxylic acids is 1. The summed E-state index contributed by atoms with van der Waals surface area (Å²) in [6, 6.07) is 9.79. The molecule has 0 atom stereocenters. The highest BCUT2D eigenvalue weighted by Crippen LogP contribution is 2.23. The van der Waals surface area contributed by atoms with Gasteiger partial charge in [-0.05, 0) is 12.1 Å². The first kappa shape index (κ1) is 21.5. The van der Waals surface area contributed by atoms with E-state index in [2.05, 4.69) is 15.5 Å². The van der Waals surface area contributed by atoms with Gasteiger partial charge in [-0.15, -0.1) is 5.10 Å². The summed E-state index contributed by atoms with van der Waals surface area (Å²) in [5.41, 5.74) is -1.65. The largest absolute Gasteiger partial charge is 0.408 e. The molecule has 0 spiro atoms. The van der Waals surface area contributed by atoms with E-state index >= 15 is 0 Å². The number of hydrogen-bond donors (Lipinski definition) is 1. The number of nitrogens with one attached hydrogen (secondary N) is 1. The number of benzene rings is 2. The van der Waals surface area contributed by atoms with E-state index in [-0.39, 0.29) is 28.5 Å². The Kier molecular flexibility index (Phi) is 6.01. The second kappa shape index (κ2) is 8.66. The molecule has 31 heavy (non-hydrogen) atoms. The van der Waals surface area contributed by atoms with Gasteiger partial charge in [0, 0.05) is 18.6 Å². The van der Waals surface area contributed by atoms with Crippen LogP contribution in [0, 0.1) is 20.2 Å². The topological polar surface area (TPSA) is 188 Å². The molecule has 2 aromatic carbocycles. The second-order valence-electron chi connectivity index (χ2n) is 6.09. The number of hydrogen-bond acceptors (Lipinski definition) is 10. The van der Waals surface area contributed by atoms with Crippen molar-refractivity contribution >= 4 is 33.1 Å². The van der Waals surface area contributed by atoms with Gasteiger partial charge in [0.25, 0.3) is 17.3 Å². The summed E-state index contributed by atoms with van der Waals surface area (Å²) in [4.78, 5) is 32.5. The van der Waals surface area contributed by atoms with Crippen LogP contribution in [0.5, 0.6) is 0 Å². The standard InChI is InChI=1S/C17H13N5O8S/c23-16(11-8-12(21(24)25)10-13(9-11)22(26)27)18-17-20-19-15(30-17)6-7-31(28,29)14-4-2-1-3-5-14/h1-5,8-10H,6-7H2,(H,18,20,23). The van der Waals surface area contributed by atoms with E-state index in [1.54, 1.807) is 18.2 Å². The Labute approximate surface area is 173 Å². The fourth-order valence-corrected chi connectivity index (χ4v) is 3.73. The first-order chi connectivity index (χ1) is 14.7. The lowest BCUT2D eigenvalue weighted by Gasteiger charge is -2.02. The number of carbonyl (C=O) groups is 1. The molecule has 0 bridgehead atoms. The van der Waals surface area contributed by atoms with Crippen molar-refractivity contribution < 1.29 is 27.5 Å². The molecule has 1 heterocycles. The fraction of sp³-hybridized carbons (Fsp3) is 0.118. The molecule has 1 amide bonds. The molecule has 0 aliphatic heterocycles. The molecule has 3 rings (SSSR count). The monoisotopic (exact) mass is 447 g/mol. The molecule has 3 aromatic rings. The van der Waals surface area contributed by atoms with Crippen LogP contribution in [0.4, 0.5) is 17.4 Å². The minimum absolute atomic E-state index is 0.0696. The zero-order valence-corrected chi connectivity index (χ0v) is 16.3. The quantitative estimate of drug-likeness (QED) is 0.395. The molecule has 1 aromatic heterocycles. The Morgan fingerprint density at radius 2 is 1.61 bits per heavy atom. The molecule has 0 aliphatic carbocycles. The highest BCUT2D eigenvalue weighted by Gasteiger charge is 2.22. The van der Waals surface area contributed by atoms with Crippen LogP contribution < -0.4 is 5.32 Å². The number of aryl methyl sites for hydroxylation is 1. The first-order valence-corrected chi connectivity index (χ1v) is 10.2. The number of rotatable bonds is 8. The van der Waals surface area contributed by atoms with Crippen molar-refractivity contribution in [3.05, 3.63) is 80.2 Å². The third kappa shape index (κ3) is 5.24. The second-order valence-corrected chi connectivity index (χ2v) is 8.20. The van der Waals surface area contributed by atoms with Crippen molar-refractivity contribution in [3.63, 3.8) is 0 Å². The van der Waals surface area contributed by atoms with E-state index in [9.17, 15) is 33.4 Å². The Bertz CT molecular complexity index is 1220. The number of sulfone groups is 1. The summed E-state index contributed by atoms with van der Waals surface area (Å²) in [5.74, 6) is -1.34. The summed E-state index contributed by atoms with van der Waals surface area (Å²) >= 11 is 0. The summed E-state index contributed by atoms with van der Waals surface area (Å²) in [7, 11) is -3.58. The van der Waals surface area contributed by atoms with Gasteiger partial charge >= 0.3 is 6.01 Å². The SMILES string of the molecule is O=C(Nc1nnc(CCS(=O)(=O)c2ccccc2)o1)c1cc([N+](=O)[O-])cc([N+](=O)[O-])c1. The maximum atomic E-state index is 12.3. The number of nitrogens with zero attached hydrogens (tertiary/aromatic N) is 4. The van der Waals surface area contributed by atoms with Crippen LogP contribution in [0.1, 0.15) is 16.2 Å². The average Bonchev–Trinajstić information content (AvgIpc) is 3.20. The van der Waals surface area contributed by atoms with E-state index in [1.165, 1.54) is 12.1 Å². The van der Waals surface area contributed by atoms with Gasteiger partial charge in [-0.1, -0.05) is 23.3 Å². The molecule has 13 nitrogen and oxygen atoms in total. The molecular formula is C17H13N5O8S. The maximum Gasteiger partial charge on any atom is 0.322 e. The van der Waals surface area contributed by atoms with Crippen molar-refractivity contribution in [1.82, 2.24) is 10.2 Å². The highest BCUT2D eigenvalue weighted by molar-refractivity contribution is 7.91. The smallest absolute Gasteiger partial charge is 0.322 e. The van der Waals surface area contributed by atoms with E-state index in [0.29, 0.717) is 0 Å². The predicted octanol–water partition coefficient (Wildman–Crippen LogP) is 2.15. The van der Waals surface area contributed by atoms with Crippen LogP contribution in [0.25, 0.3) is 0 Å². The van der Waals surface area contributed by atoms with Crippen LogP contribution in [0.2, 0.25) is 0 Å². The van der Waals surface area contributed by atoms with Crippen molar-refractivity contribution in [1.29, 1.82) is 0 Å². The normalized spacial score (nSPS) is 11.1. The highest BCUT2D eigenvalue weighted by atomic mass is 32.2. The van der Waals surface area contributed by atoms with E-state index < -0.39 is 43.0 Å². The van der Waals surface area contributed by atoms with Crippen LogP contribution in [0.3, 0.4) is 0 Å². The van der Waals surface area contributed by atoms with Crippen molar-refractivity contribution in [2.45, 2.75) is 11.3 Å². The number of nitro benzene ring substituents is 2. The zero-order valence-electron chi connectivity index (χ0n) is 15.5. The van der Waals surface area contributed by atoms with Gasteiger partial charge < -0.3 is 4.42 Å². The summed E-state index contributed by atoms with van der Waals surface area (Å²) in [6.07, 6.45) is -0.123. The van der Waals surface area contributed by atoms with Crippen LogP contribution in [-0.4, -0.2) is 40.1 Å². The van der Waals surface area contributed by atoms with Gasteiger partial charge in [0.2, 0.25) is 5.89 Å². The molecular weight excluding hydrogens is 434 g/mol. The minimum atomic E-state index is -3.58. The van der Waals surface area contributed by atoms with Crippen molar-refractivity contribution in [3.8, 4) is 0 Å². The van der Waals surface area contributed by atoms with Gasteiger partial charge in [-0.25, -0.2) is 8.42 Å². The number of nitro groups is 2. The molecule has 0 saturated heterocycles. The Hall–Kier alpha value is -4.20. The van der Waals surface area contributed by atoms with E-state index in [4.69, 9.17) is 4.42 Å². The molecule has 0 radical (unpaired) electrons. The Balaban J connectivity index is 1.70. The van der Waals surface area contributed by atoms with Crippen LogP contribution in [0.15, 0.2) is 57.8 Å². The molecule has 0 fully saturated rings. The number of non-ortho nitro benzene ring substituents is 2. The summed E-state index contributed by atoms with van der Waals surface area (Å²) in [5, 5.41) is 31.2. The lowest BCUT2D eigenvalue weighted by Crippen LogP contribution is -2.13. The van der Waals surface area contributed by atoms with Gasteiger partial charge in [-0.3, -0.25) is 30.3 Å². The molecule has 160 valence electrons. The van der Waals surface area contributed by atoms with Crippen LogP contribution in [-0.2, 0) is 16.3 Å². The molecule has 0 aliphatic rings. The van der Waals surface area contributed by atoms with Crippen molar-refractivity contribution in [2.75, 3.05) is 11.1 Å². The number of amides is 1. The fourth-order valence-electron chi connectivity index (χ4n) is 2.48. The molecule has 0 unspecified atom stereocenters.